The minimum Gasteiger partial charge on any atom is -0.381 e. The van der Waals surface area contributed by atoms with E-state index in [1.807, 2.05) is 12.1 Å². The number of fused-ring (bicyclic) bond motifs is 2. The quantitative estimate of drug-likeness (QED) is 0.406. The van der Waals surface area contributed by atoms with Gasteiger partial charge in [-0.1, -0.05) is 33.6 Å². The van der Waals surface area contributed by atoms with Gasteiger partial charge in [0.25, 0.3) is 5.91 Å². The Hall–Kier alpha value is -3.21. The fraction of sp³-hybridized carbons (Fsp3) is 0.308. The predicted molar refractivity (Wildman–Crippen MR) is 143 cm³/mol. The number of hydrogen-bond donors (Lipinski definition) is 3. The van der Waals surface area contributed by atoms with E-state index in [2.05, 4.69) is 37.0 Å². The van der Waals surface area contributed by atoms with E-state index in [4.69, 9.17) is 16.3 Å². The molecule has 0 aliphatic carbocycles. The first kappa shape index (κ1) is 25.4. The van der Waals surface area contributed by atoms with Gasteiger partial charge in [-0.05, 0) is 60.4 Å². The van der Waals surface area contributed by atoms with Crippen molar-refractivity contribution in [2.24, 2.45) is 7.05 Å². The van der Waals surface area contributed by atoms with E-state index < -0.39 is 23.3 Å². The van der Waals surface area contributed by atoms with Crippen LogP contribution >= 0.6 is 27.5 Å². The summed E-state index contributed by atoms with van der Waals surface area (Å²) in [5, 5.41) is 13.2. The number of halogens is 2. The molecule has 3 heterocycles. The monoisotopic (exact) mass is 585 g/mol. The molecular weight excluding hydrogens is 562 g/mol. The summed E-state index contributed by atoms with van der Waals surface area (Å²) in [4.78, 5) is 39.2. The van der Waals surface area contributed by atoms with Crippen LogP contribution < -0.4 is 16.0 Å². The van der Waals surface area contributed by atoms with Gasteiger partial charge in [-0.25, -0.2) is 0 Å². The molecule has 0 saturated carbocycles. The summed E-state index contributed by atoms with van der Waals surface area (Å²) in [7, 11) is 1.65. The number of amides is 3. The van der Waals surface area contributed by atoms with Crippen LogP contribution in [-0.2, 0) is 33.2 Å². The molecule has 1 fully saturated rings. The second-order valence-corrected chi connectivity index (χ2v) is 10.5. The first-order chi connectivity index (χ1) is 17.8. The lowest BCUT2D eigenvalue weighted by Gasteiger charge is -2.31. The molecule has 5 rings (SSSR count). The molecule has 37 heavy (non-hydrogen) atoms. The van der Waals surface area contributed by atoms with Crippen molar-refractivity contribution in [3.63, 3.8) is 0 Å². The normalized spacial score (nSPS) is 16.7. The molecule has 0 radical (unpaired) electrons. The lowest BCUT2D eigenvalue weighted by atomic mass is 9.75. The largest absolute Gasteiger partial charge is 0.381 e. The highest BCUT2D eigenvalue weighted by Gasteiger charge is 2.47. The number of nitrogens with zero attached hydrogens (tertiary/aromatic N) is 2. The summed E-state index contributed by atoms with van der Waals surface area (Å²) in [5.41, 5.74) is 2.53. The van der Waals surface area contributed by atoms with Crippen LogP contribution in [0.15, 0.2) is 53.1 Å². The summed E-state index contributed by atoms with van der Waals surface area (Å²) in [6, 6.07) is 11.4. The molecule has 1 saturated heterocycles. The first-order valence-electron chi connectivity index (χ1n) is 11.8. The molecule has 11 heteroatoms. The van der Waals surface area contributed by atoms with E-state index in [1.165, 1.54) is 10.9 Å². The van der Waals surface area contributed by atoms with Crippen molar-refractivity contribution in [1.82, 2.24) is 15.1 Å². The van der Waals surface area contributed by atoms with Gasteiger partial charge in [0.2, 0.25) is 11.8 Å². The molecule has 1 unspecified atom stereocenters. The lowest BCUT2D eigenvalue weighted by molar-refractivity contribution is -0.124. The maximum Gasteiger partial charge on any atom is 0.270 e. The molecule has 3 amide bonds. The SMILES string of the molecule is Cn1nccc1C(=O)NC(Cc1cc(Br)ccc1Cl)C(=O)Nc1ccc2c(c1)NC(=O)C21CCOCC1. The maximum absolute atomic E-state index is 13.5. The number of aryl methyl sites for hydroxylation is 1. The average molecular weight is 587 g/mol. The zero-order valence-corrected chi connectivity index (χ0v) is 22.4. The molecule has 1 spiro atoms. The highest BCUT2D eigenvalue weighted by Crippen LogP contribution is 2.45. The zero-order chi connectivity index (χ0) is 26.2. The number of hydrogen-bond acceptors (Lipinski definition) is 5. The Morgan fingerprint density at radius 2 is 2.00 bits per heavy atom. The fourth-order valence-electron chi connectivity index (χ4n) is 4.91. The van der Waals surface area contributed by atoms with Crippen LogP contribution in [-0.4, -0.2) is 46.8 Å². The summed E-state index contributed by atoms with van der Waals surface area (Å²) in [5.74, 6) is -0.898. The molecule has 0 bridgehead atoms. The van der Waals surface area contributed by atoms with Crippen molar-refractivity contribution in [2.45, 2.75) is 30.7 Å². The van der Waals surface area contributed by atoms with E-state index in [0.717, 1.165) is 10.0 Å². The second-order valence-electron chi connectivity index (χ2n) is 9.20. The van der Waals surface area contributed by atoms with Gasteiger partial charge in [0.05, 0.1) is 5.41 Å². The van der Waals surface area contributed by atoms with Crippen molar-refractivity contribution in [1.29, 1.82) is 0 Å². The number of nitrogens with one attached hydrogen (secondary N) is 3. The van der Waals surface area contributed by atoms with Crippen LogP contribution in [0.3, 0.4) is 0 Å². The molecule has 3 aromatic rings. The Labute approximate surface area is 227 Å². The molecule has 2 aliphatic rings. The number of benzene rings is 2. The molecular formula is C26H25BrClN5O4. The van der Waals surface area contributed by atoms with Crippen LogP contribution in [0.1, 0.15) is 34.5 Å². The van der Waals surface area contributed by atoms with E-state index >= 15 is 0 Å². The van der Waals surface area contributed by atoms with Crippen molar-refractivity contribution < 1.29 is 19.1 Å². The molecule has 1 atom stereocenters. The minimum atomic E-state index is -0.932. The number of anilines is 2. The van der Waals surface area contributed by atoms with Gasteiger partial charge in [-0.3, -0.25) is 19.1 Å². The summed E-state index contributed by atoms with van der Waals surface area (Å²) in [6.07, 6.45) is 2.91. The Balaban J connectivity index is 1.39. The number of rotatable bonds is 6. The molecule has 1 aromatic heterocycles. The highest BCUT2D eigenvalue weighted by atomic mass is 79.9. The van der Waals surface area contributed by atoms with Crippen LogP contribution in [0.2, 0.25) is 5.02 Å². The average Bonchev–Trinajstić information content (AvgIpc) is 3.42. The Bertz CT molecular complexity index is 1390. The van der Waals surface area contributed by atoms with Crippen LogP contribution in [0.4, 0.5) is 11.4 Å². The van der Waals surface area contributed by atoms with Crippen molar-refractivity contribution in [2.75, 3.05) is 23.8 Å². The molecule has 9 nitrogen and oxygen atoms in total. The third-order valence-corrected chi connectivity index (χ3v) is 7.80. The number of ether oxygens (including phenoxy) is 1. The predicted octanol–water partition coefficient (Wildman–Crippen LogP) is 3.82. The topological polar surface area (TPSA) is 114 Å². The van der Waals surface area contributed by atoms with Gasteiger partial charge in [0.15, 0.2) is 0 Å². The van der Waals surface area contributed by atoms with E-state index in [1.54, 1.807) is 37.4 Å². The second kappa shape index (κ2) is 10.3. The molecule has 3 N–H and O–H groups in total. The first-order valence-corrected chi connectivity index (χ1v) is 13.0. The summed E-state index contributed by atoms with van der Waals surface area (Å²) >= 11 is 9.82. The van der Waals surface area contributed by atoms with E-state index in [9.17, 15) is 14.4 Å². The summed E-state index contributed by atoms with van der Waals surface area (Å²) in [6.45, 7) is 1.06. The summed E-state index contributed by atoms with van der Waals surface area (Å²) < 4.78 is 7.71. The van der Waals surface area contributed by atoms with E-state index in [0.29, 0.717) is 53.7 Å². The number of aromatic nitrogens is 2. The highest BCUT2D eigenvalue weighted by molar-refractivity contribution is 9.10. The molecule has 192 valence electrons. The number of carbonyl (C=O) groups is 3. The van der Waals surface area contributed by atoms with Gasteiger partial charge >= 0.3 is 0 Å². The van der Waals surface area contributed by atoms with E-state index in [-0.39, 0.29) is 12.3 Å². The van der Waals surface area contributed by atoms with Crippen LogP contribution in [0.5, 0.6) is 0 Å². The van der Waals surface area contributed by atoms with Crippen LogP contribution in [0, 0.1) is 0 Å². The van der Waals surface area contributed by atoms with Crippen molar-refractivity contribution in [3.8, 4) is 0 Å². The number of carbonyl (C=O) groups excluding carboxylic acids is 3. The lowest BCUT2D eigenvalue weighted by Crippen LogP contribution is -2.45. The third kappa shape index (κ3) is 5.01. The smallest absolute Gasteiger partial charge is 0.270 e. The van der Waals surface area contributed by atoms with Crippen molar-refractivity contribution in [3.05, 3.63) is 75.0 Å². The van der Waals surface area contributed by atoms with Crippen LogP contribution in [0.25, 0.3) is 0 Å². The Morgan fingerprint density at radius 1 is 1.22 bits per heavy atom. The van der Waals surface area contributed by atoms with Gasteiger partial charge in [-0.15, -0.1) is 0 Å². The van der Waals surface area contributed by atoms with Gasteiger partial charge in [0, 0.05) is 53.7 Å². The Morgan fingerprint density at radius 3 is 2.73 bits per heavy atom. The third-order valence-electron chi connectivity index (χ3n) is 6.94. The van der Waals surface area contributed by atoms with Crippen molar-refractivity contribution >= 4 is 56.6 Å². The molecule has 2 aliphatic heterocycles. The minimum absolute atomic E-state index is 0.0418. The maximum atomic E-state index is 13.5. The zero-order valence-electron chi connectivity index (χ0n) is 20.0. The fourth-order valence-corrected chi connectivity index (χ4v) is 5.51. The van der Waals surface area contributed by atoms with Gasteiger partial charge in [-0.2, -0.15) is 5.10 Å². The van der Waals surface area contributed by atoms with Gasteiger partial charge in [0.1, 0.15) is 11.7 Å². The Kier molecular flexibility index (Phi) is 7.06. The molecule has 2 aromatic carbocycles. The standard InChI is InChI=1S/C26H25BrClN5O4/c1-33-22(6-9-29-33)24(35)31-21(13-15-12-16(27)2-5-19(15)28)23(34)30-17-3-4-18-20(14-17)32-25(36)26(18)7-10-37-11-8-26/h2-6,9,12,14,21H,7-8,10-11,13H2,1H3,(H,30,34)(H,31,35)(H,32,36). The van der Waals surface area contributed by atoms with Gasteiger partial charge < -0.3 is 20.7 Å².